The average molecular weight is 349 g/mol. The molecule has 1 amide bonds. The fraction of sp³-hybridized carbons (Fsp3) is 0.467. The summed E-state index contributed by atoms with van der Waals surface area (Å²) in [6.45, 7) is 3.51. The molecule has 128 valence electrons. The third kappa shape index (κ3) is 3.78. The molecule has 1 aliphatic rings. The number of carbonyl (C=O) groups excluding carboxylic acids is 1. The van der Waals surface area contributed by atoms with Gasteiger partial charge in [0.15, 0.2) is 17.6 Å². The number of hydrogen-bond acceptors (Lipinski definition) is 7. The van der Waals surface area contributed by atoms with E-state index in [2.05, 4.69) is 15.5 Å². The number of fused-ring (bicyclic) bond motifs is 1. The summed E-state index contributed by atoms with van der Waals surface area (Å²) in [5.74, 6) is 1.73. The van der Waals surface area contributed by atoms with Gasteiger partial charge in [0, 0.05) is 13.6 Å². The molecule has 2 aromatic rings. The van der Waals surface area contributed by atoms with E-state index in [0.29, 0.717) is 30.6 Å². The van der Waals surface area contributed by atoms with Crippen LogP contribution in [0, 0.1) is 0 Å². The number of rotatable bonds is 6. The topological polar surface area (TPSA) is 82.4 Å². The normalized spacial score (nSPS) is 16.0. The third-order valence-corrected chi connectivity index (χ3v) is 4.54. The number of benzene rings is 1. The number of para-hydroxylation sites is 2. The Balaban J connectivity index is 1.50. The number of likely N-dealkylation sites (N-methyl/N-ethyl adjacent to an activating group) is 1. The monoisotopic (exact) mass is 349 g/mol. The maximum atomic E-state index is 12.3. The molecule has 0 saturated carbocycles. The lowest BCUT2D eigenvalue weighted by molar-refractivity contribution is -0.128. The van der Waals surface area contributed by atoms with Crippen molar-refractivity contribution in [1.29, 1.82) is 0 Å². The van der Waals surface area contributed by atoms with Gasteiger partial charge in [-0.05, 0) is 29.5 Å². The highest BCUT2D eigenvalue weighted by molar-refractivity contribution is 7.99. The van der Waals surface area contributed by atoms with Crippen LogP contribution in [0.15, 0.2) is 29.4 Å². The highest BCUT2D eigenvalue weighted by Gasteiger charge is 2.24. The summed E-state index contributed by atoms with van der Waals surface area (Å²) in [6.07, 6.45) is -0.181. The standard InChI is InChI=1S/C15H19N5O3S/c1-3-20-15(16-17-18-20)24-10-14(21)19(2)8-11-9-22-12-6-4-5-7-13(12)23-11/h4-7,11H,3,8-10H2,1-2H3/t11-/m1/s1. The second-order valence-corrected chi connectivity index (χ2v) is 6.28. The fourth-order valence-corrected chi connectivity index (χ4v) is 3.18. The first-order chi connectivity index (χ1) is 11.7. The third-order valence-electron chi connectivity index (χ3n) is 3.59. The second-order valence-electron chi connectivity index (χ2n) is 5.34. The summed E-state index contributed by atoms with van der Waals surface area (Å²) < 4.78 is 13.2. The van der Waals surface area contributed by atoms with Crippen molar-refractivity contribution in [2.75, 3.05) is 26.0 Å². The lowest BCUT2D eigenvalue weighted by Crippen LogP contribution is -2.42. The minimum absolute atomic E-state index is 0.00638. The van der Waals surface area contributed by atoms with E-state index in [1.807, 2.05) is 31.2 Å². The van der Waals surface area contributed by atoms with Crippen molar-refractivity contribution in [3.05, 3.63) is 24.3 Å². The molecule has 24 heavy (non-hydrogen) atoms. The number of amides is 1. The Morgan fingerprint density at radius 3 is 3.00 bits per heavy atom. The summed E-state index contributed by atoms with van der Waals surface area (Å²) in [6, 6.07) is 7.53. The summed E-state index contributed by atoms with van der Waals surface area (Å²) >= 11 is 1.33. The van der Waals surface area contributed by atoms with Crippen molar-refractivity contribution in [1.82, 2.24) is 25.1 Å². The molecule has 0 unspecified atom stereocenters. The van der Waals surface area contributed by atoms with Crippen molar-refractivity contribution in [3.63, 3.8) is 0 Å². The molecule has 9 heteroatoms. The minimum atomic E-state index is -0.181. The van der Waals surface area contributed by atoms with E-state index >= 15 is 0 Å². The molecular formula is C15H19N5O3S. The number of tetrazole rings is 1. The SMILES string of the molecule is CCn1nnnc1SCC(=O)N(C)C[C@@H]1COc2ccccc2O1. The molecule has 8 nitrogen and oxygen atoms in total. The molecule has 0 saturated heterocycles. The maximum absolute atomic E-state index is 12.3. The van der Waals surface area contributed by atoms with Crippen LogP contribution in [-0.4, -0.2) is 63.1 Å². The fourth-order valence-electron chi connectivity index (χ4n) is 2.30. The van der Waals surface area contributed by atoms with Crippen LogP contribution < -0.4 is 9.47 Å². The molecular weight excluding hydrogens is 330 g/mol. The Hall–Kier alpha value is -2.29. The van der Waals surface area contributed by atoms with Crippen LogP contribution in [-0.2, 0) is 11.3 Å². The highest BCUT2D eigenvalue weighted by Crippen LogP contribution is 2.31. The maximum Gasteiger partial charge on any atom is 0.232 e. The van der Waals surface area contributed by atoms with Gasteiger partial charge in [0.1, 0.15) is 6.61 Å². The largest absolute Gasteiger partial charge is 0.486 e. The van der Waals surface area contributed by atoms with Gasteiger partial charge in [0.25, 0.3) is 0 Å². The molecule has 2 heterocycles. The Morgan fingerprint density at radius 2 is 2.21 bits per heavy atom. The average Bonchev–Trinajstić information content (AvgIpc) is 3.07. The first kappa shape index (κ1) is 16.6. The van der Waals surface area contributed by atoms with Gasteiger partial charge in [0.05, 0.1) is 12.3 Å². The first-order valence-electron chi connectivity index (χ1n) is 7.68. The molecule has 1 aromatic carbocycles. The Morgan fingerprint density at radius 1 is 1.42 bits per heavy atom. The smallest absolute Gasteiger partial charge is 0.232 e. The number of aromatic nitrogens is 4. The quantitative estimate of drug-likeness (QED) is 0.722. The Bertz CT molecular complexity index is 708. The van der Waals surface area contributed by atoms with Gasteiger partial charge in [0.2, 0.25) is 11.1 Å². The van der Waals surface area contributed by atoms with Gasteiger partial charge >= 0.3 is 0 Å². The molecule has 0 radical (unpaired) electrons. The van der Waals surface area contributed by atoms with E-state index in [1.54, 1.807) is 16.6 Å². The first-order valence-corrected chi connectivity index (χ1v) is 8.67. The van der Waals surface area contributed by atoms with Crippen LogP contribution in [0.25, 0.3) is 0 Å². The number of hydrogen-bond donors (Lipinski definition) is 0. The van der Waals surface area contributed by atoms with Gasteiger partial charge in [-0.1, -0.05) is 23.9 Å². The van der Waals surface area contributed by atoms with E-state index in [9.17, 15) is 4.79 Å². The molecule has 0 fully saturated rings. The summed E-state index contributed by atoms with van der Waals surface area (Å²) in [4.78, 5) is 13.9. The van der Waals surface area contributed by atoms with Crippen molar-refractivity contribution < 1.29 is 14.3 Å². The van der Waals surface area contributed by atoms with Gasteiger partial charge in [-0.25, -0.2) is 4.68 Å². The van der Waals surface area contributed by atoms with E-state index in [-0.39, 0.29) is 17.8 Å². The zero-order valence-electron chi connectivity index (χ0n) is 13.6. The zero-order chi connectivity index (χ0) is 16.9. The lowest BCUT2D eigenvalue weighted by atomic mass is 10.2. The van der Waals surface area contributed by atoms with E-state index in [4.69, 9.17) is 9.47 Å². The number of carbonyl (C=O) groups is 1. The van der Waals surface area contributed by atoms with Crippen molar-refractivity contribution in [2.24, 2.45) is 0 Å². The minimum Gasteiger partial charge on any atom is -0.486 e. The van der Waals surface area contributed by atoms with E-state index < -0.39 is 0 Å². The molecule has 3 rings (SSSR count). The predicted molar refractivity (Wildman–Crippen MR) is 88.2 cm³/mol. The van der Waals surface area contributed by atoms with Crippen LogP contribution in [0.4, 0.5) is 0 Å². The van der Waals surface area contributed by atoms with Crippen LogP contribution >= 0.6 is 11.8 Å². The zero-order valence-corrected chi connectivity index (χ0v) is 14.4. The van der Waals surface area contributed by atoms with Crippen molar-refractivity contribution >= 4 is 17.7 Å². The van der Waals surface area contributed by atoms with E-state index in [1.165, 1.54) is 11.8 Å². The molecule has 0 bridgehead atoms. The number of aryl methyl sites for hydroxylation is 1. The summed E-state index contributed by atoms with van der Waals surface area (Å²) in [5.41, 5.74) is 0. The highest BCUT2D eigenvalue weighted by atomic mass is 32.2. The van der Waals surface area contributed by atoms with Gasteiger partial charge in [-0.3, -0.25) is 4.79 Å². The number of ether oxygens (including phenoxy) is 2. The molecule has 1 aliphatic heterocycles. The summed E-state index contributed by atoms with van der Waals surface area (Å²) in [7, 11) is 1.76. The molecule has 0 aliphatic carbocycles. The molecule has 0 N–H and O–H groups in total. The Labute approximate surface area is 144 Å². The number of nitrogens with zero attached hydrogens (tertiary/aromatic N) is 5. The van der Waals surface area contributed by atoms with Crippen molar-refractivity contribution in [2.45, 2.75) is 24.7 Å². The van der Waals surface area contributed by atoms with Gasteiger partial charge < -0.3 is 14.4 Å². The molecule has 1 atom stereocenters. The van der Waals surface area contributed by atoms with Gasteiger partial charge in [-0.2, -0.15) is 0 Å². The van der Waals surface area contributed by atoms with Crippen LogP contribution in [0.5, 0.6) is 11.5 Å². The van der Waals surface area contributed by atoms with Crippen LogP contribution in [0.1, 0.15) is 6.92 Å². The summed E-state index contributed by atoms with van der Waals surface area (Å²) in [5, 5.41) is 12.0. The molecule has 1 aromatic heterocycles. The number of thioether (sulfide) groups is 1. The predicted octanol–water partition coefficient (Wildman–Crippen LogP) is 1.08. The van der Waals surface area contributed by atoms with Crippen molar-refractivity contribution in [3.8, 4) is 11.5 Å². The Kier molecular flexibility index (Phi) is 5.19. The van der Waals surface area contributed by atoms with Crippen LogP contribution in [0.3, 0.4) is 0 Å². The lowest BCUT2D eigenvalue weighted by Gasteiger charge is -2.29. The van der Waals surface area contributed by atoms with E-state index in [0.717, 1.165) is 5.75 Å². The van der Waals surface area contributed by atoms with Gasteiger partial charge in [-0.15, -0.1) is 5.10 Å². The van der Waals surface area contributed by atoms with Crippen LogP contribution in [0.2, 0.25) is 0 Å². The second kappa shape index (κ2) is 7.52. The molecule has 0 spiro atoms.